The minimum Gasteiger partial charge on any atom is -0.477 e. The number of hydrogen-bond donors (Lipinski definition) is 1. The van der Waals surface area contributed by atoms with Gasteiger partial charge in [-0.1, -0.05) is 18.2 Å². The lowest BCUT2D eigenvalue weighted by molar-refractivity contribution is -0.275. The van der Waals surface area contributed by atoms with Gasteiger partial charge in [0.1, 0.15) is 0 Å². The van der Waals surface area contributed by atoms with E-state index in [9.17, 15) is 18.0 Å². The Bertz CT molecular complexity index is 658. The molecule has 8 heteroatoms. The summed E-state index contributed by atoms with van der Waals surface area (Å²) in [5.41, 5.74) is -0.290. The van der Waals surface area contributed by atoms with E-state index < -0.39 is 18.1 Å². The zero-order valence-electron chi connectivity index (χ0n) is 10.3. The van der Waals surface area contributed by atoms with Crippen molar-refractivity contribution >= 4 is 5.97 Å². The van der Waals surface area contributed by atoms with E-state index in [1.807, 2.05) is 0 Å². The predicted octanol–water partition coefficient (Wildman–Crippen LogP) is 3.47. The van der Waals surface area contributed by atoms with Crippen molar-refractivity contribution in [2.75, 3.05) is 0 Å². The van der Waals surface area contributed by atoms with Crippen LogP contribution in [0.15, 0.2) is 42.5 Å². The Kier molecular flexibility index (Phi) is 3.97. The molecule has 1 aromatic carbocycles. The van der Waals surface area contributed by atoms with Gasteiger partial charge in [-0.05, 0) is 18.2 Å². The Hall–Kier alpha value is -2.77. The molecular formula is C13H8F3NO4. The highest BCUT2D eigenvalue weighted by Crippen LogP contribution is 2.34. The molecule has 0 saturated carbocycles. The van der Waals surface area contributed by atoms with Crippen LogP contribution in [-0.2, 0) is 0 Å². The molecule has 0 unspecified atom stereocenters. The summed E-state index contributed by atoms with van der Waals surface area (Å²) in [4.78, 5) is 14.4. The molecule has 0 bridgehead atoms. The molecule has 1 N–H and O–H groups in total. The lowest BCUT2D eigenvalue weighted by Crippen LogP contribution is -2.17. The quantitative estimate of drug-likeness (QED) is 0.936. The number of aromatic nitrogens is 1. The van der Waals surface area contributed by atoms with Crippen LogP contribution < -0.4 is 9.47 Å². The van der Waals surface area contributed by atoms with Crippen LogP contribution in [0.3, 0.4) is 0 Å². The number of para-hydroxylation sites is 2. The number of rotatable bonds is 4. The number of carbonyl (C=O) groups is 1. The summed E-state index contributed by atoms with van der Waals surface area (Å²) in [6, 6.07) is 9.01. The number of nitrogens with zero attached hydrogens (tertiary/aromatic N) is 1. The third-order valence-corrected chi connectivity index (χ3v) is 2.23. The molecule has 0 saturated heterocycles. The lowest BCUT2D eigenvalue weighted by Gasteiger charge is -2.13. The lowest BCUT2D eigenvalue weighted by atomic mass is 10.3. The highest BCUT2D eigenvalue weighted by molar-refractivity contribution is 5.85. The first-order chi connectivity index (χ1) is 9.85. The molecule has 1 heterocycles. The van der Waals surface area contributed by atoms with Crippen molar-refractivity contribution in [1.29, 1.82) is 0 Å². The zero-order valence-corrected chi connectivity index (χ0v) is 10.3. The predicted molar refractivity (Wildman–Crippen MR) is 64.4 cm³/mol. The van der Waals surface area contributed by atoms with E-state index >= 15 is 0 Å². The van der Waals surface area contributed by atoms with Crippen LogP contribution in [0.25, 0.3) is 0 Å². The summed E-state index contributed by atoms with van der Waals surface area (Å²) in [5, 5.41) is 8.79. The molecule has 0 spiro atoms. The van der Waals surface area contributed by atoms with Crippen LogP contribution in [-0.4, -0.2) is 22.4 Å². The largest absolute Gasteiger partial charge is 0.573 e. The fourth-order valence-corrected chi connectivity index (χ4v) is 1.45. The highest BCUT2D eigenvalue weighted by Gasteiger charge is 2.32. The van der Waals surface area contributed by atoms with Crippen molar-refractivity contribution in [3.8, 4) is 17.4 Å². The molecule has 0 amide bonds. The van der Waals surface area contributed by atoms with E-state index in [1.165, 1.54) is 36.4 Å². The maximum absolute atomic E-state index is 12.3. The second-order valence-electron chi connectivity index (χ2n) is 3.76. The number of carboxylic acid groups (broad SMARTS) is 1. The molecule has 2 rings (SSSR count). The highest BCUT2D eigenvalue weighted by atomic mass is 19.4. The summed E-state index contributed by atoms with van der Waals surface area (Å²) < 4.78 is 45.7. The third-order valence-electron chi connectivity index (χ3n) is 2.23. The average Bonchev–Trinajstić information content (AvgIpc) is 2.40. The maximum atomic E-state index is 12.3. The van der Waals surface area contributed by atoms with Gasteiger partial charge in [-0.25, -0.2) is 9.78 Å². The van der Waals surface area contributed by atoms with Crippen LogP contribution in [0, 0.1) is 0 Å². The van der Waals surface area contributed by atoms with Gasteiger partial charge in [-0.15, -0.1) is 13.2 Å². The fourth-order valence-electron chi connectivity index (χ4n) is 1.45. The van der Waals surface area contributed by atoms with Crippen molar-refractivity contribution < 1.29 is 32.5 Å². The smallest absolute Gasteiger partial charge is 0.477 e. The molecule has 0 fully saturated rings. The summed E-state index contributed by atoms with van der Waals surface area (Å²) in [6.07, 6.45) is -4.87. The topological polar surface area (TPSA) is 68.7 Å². The molecule has 1 aromatic heterocycles. The molecule has 2 aromatic rings. The first-order valence-corrected chi connectivity index (χ1v) is 5.58. The van der Waals surface area contributed by atoms with E-state index in [2.05, 4.69) is 9.72 Å². The first kappa shape index (κ1) is 14.6. The van der Waals surface area contributed by atoms with Gasteiger partial charge in [0.25, 0.3) is 0 Å². The minimum absolute atomic E-state index is 0.159. The van der Waals surface area contributed by atoms with E-state index in [0.29, 0.717) is 0 Å². The maximum Gasteiger partial charge on any atom is 0.573 e. The average molecular weight is 299 g/mol. The SMILES string of the molecule is O=C(O)c1cccc(Oc2ccccc2OC(F)(F)F)n1. The number of alkyl halides is 3. The molecule has 0 radical (unpaired) electrons. The number of halogens is 3. The molecule has 110 valence electrons. The van der Waals surface area contributed by atoms with E-state index in [4.69, 9.17) is 9.84 Å². The normalized spacial score (nSPS) is 11.0. The summed E-state index contributed by atoms with van der Waals surface area (Å²) >= 11 is 0. The van der Waals surface area contributed by atoms with Crippen molar-refractivity contribution in [2.24, 2.45) is 0 Å². The summed E-state index contributed by atoms with van der Waals surface area (Å²) in [7, 11) is 0. The number of benzene rings is 1. The Morgan fingerprint density at radius 3 is 2.33 bits per heavy atom. The van der Waals surface area contributed by atoms with Gasteiger partial charge in [0.15, 0.2) is 17.2 Å². The molecule has 0 atom stereocenters. The Morgan fingerprint density at radius 2 is 1.71 bits per heavy atom. The van der Waals surface area contributed by atoms with E-state index in [-0.39, 0.29) is 17.3 Å². The van der Waals surface area contributed by atoms with Crippen LogP contribution in [0.5, 0.6) is 17.4 Å². The van der Waals surface area contributed by atoms with Gasteiger partial charge in [0, 0.05) is 6.07 Å². The Balaban J connectivity index is 2.27. The van der Waals surface area contributed by atoms with Crippen molar-refractivity contribution in [3.63, 3.8) is 0 Å². The Morgan fingerprint density at radius 1 is 1.05 bits per heavy atom. The minimum atomic E-state index is -4.87. The van der Waals surface area contributed by atoms with Gasteiger partial charge in [-0.3, -0.25) is 0 Å². The van der Waals surface area contributed by atoms with Crippen LogP contribution in [0.1, 0.15) is 10.5 Å². The fraction of sp³-hybridized carbons (Fsp3) is 0.0769. The summed E-state index contributed by atoms with van der Waals surface area (Å²) in [6.45, 7) is 0. The van der Waals surface area contributed by atoms with E-state index in [0.717, 1.165) is 6.07 Å². The zero-order chi connectivity index (χ0) is 15.5. The van der Waals surface area contributed by atoms with Gasteiger partial charge < -0.3 is 14.6 Å². The van der Waals surface area contributed by atoms with Crippen LogP contribution >= 0.6 is 0 Å². The molecule has 0 aliphatic heterocycles. The third kappa shape index (κ3) is 4.10. The molecule has 5 nitrogen and oxygen atoms in total. The molecule has 21 heavy (non-hydrogen) atoms. The van der Waals surface area contributed by atoms with Crippen LogP contribution in [0.2, 0.25) is 0 Å². The number of hydrogen-bond acceptors (Lipinski definition) is 4. The van der Waals surface area contributed by atoms with Crippen LogP contribution in [0.4, 0.5) is 13.2 Å². The second-order valence-corrected chi connectivity index (χ2v) is 3.76. The van der Waals surface area contributed by atoms with Crippen molar-refractivity contribution in [2.45, 2.75) is 6.36 Å². The number of carboxylic acids is 1. The Labute approximate surface area is 116 Å². The number of pyridine rings is 1. The first-order valence-electron chi connectivity index (χ1n) is 5.58. The van der Waals surface area contributed by atoms with Gasteiger partial charge in [0.2, 0.25) is 5.88 Å². The van der Waals surface area contributed by atoms with E-state index in [1.54, 1.807) is 0 Å². The number of aromatic carboxylic acids is 1. The van der Waals surface area contributed by atoms with Gasteiger partial charge in [0.05, 0.1) is 0 Å². The second kappa shape index (κ2) is 5.70. The monoisotopic (exact) mass is 299 g/mol. The standard InChI is InChI=1S/C13H8F3NO4/c14-13(15,16)21-10-6-2-1-5-9(10)20-11-7-3-4-8(17-11)12(18)19/h1-7H,(H,18,19). The van der Waals surface area contributed by atoms with Crippen molar-refractivity contribution in [1.82, 2.24) is 4.98 Å². The van der Waals surface area contributed by atoms with Crippen molar-refractivity contribution in [3.05, 3.63) is 48.2 Å². The summed E-state index contributed by atoms with van der Waals surface area (Å²) in [5.74, 6) is -2.22. The molecule has 0 aliphatic rings. The number of ether oxygens (including phenoxy) is 2. The van der Waals surface area contributed by atoms with Gasteiger partial charge in [-0.2, -0.15) is 0 Å². The van der Waals surface area contributed by atoms with Gasteiger partial charge >= 0.3 is 12.3 Å². The molecule has 0 aliphatic carbocycles. The molecular weight excluding hydrogens is 291 g/mol.